The Morgan fingerprint density at radius 3 is 2.19 bits per heavy atom. The Bertz CT molecular complexity index is 2610. The van der Waals surface area contributed by atoms with Crippen LogP contribution in [-0.2, 0) is 20.1 Å². The molecular weight excluding hydrogens is 839 g/mol. The summed E-state index contributed by atoms with van der Waals surface area (Å²) in [5, 5.41) is 1.71. The third-order valence-corrected chi connectivity index (χ3v) is 9.68. The van der Waals surface area contributed by atoms with Crippen LogP contribution >= 0.6 is 0 Å². The van der Waals surface area contributed by atoms with Crippen LogP contribution in [0.25, 0.3) is 67.0 Å². The minimum atomic E-state index is -2.43. The molecule has 5 heteroatoms. The third-order valence-electron chi connectivity index (χ3n) is 9.68. The van der Waals surface area contributed by atoms with E-state index in [0.29, 0.717) is 28.1 Å². The average Bonchev–Trinajstić information content (AvgIpc) is 3.59. The zero-order chi connectivity index (χ0) is 40.5. The van der Waals surface area contributed by atoms with Gasteiger partial charge in [0.05, 0.1) is 11.3 Å². The molecule has 8 aromatic rings. The van der Waals surface area contributed by atoms with E-state index in [4.69, 9.17) is 18.5 Å². The summed E-state index contributed by atoms with van der Waals surface area (Å²) < 4.78 is 40.9. The second-order valence-corrected chi connectivity index (χ2v) is 13.9. The standard InChI is InChI=1S/C38H37N2O.C11H8N.Ir/c1-22(2)35(23(3)4)32-21-39-34(20-25(32)6)31-15-11-14-29-30-18-19-33(40-38(30)41-37(29)31)36-24(5)16-17-28(26(36)7)27-12-9-8-10-13-27;1-2-6-10(7-3-1)11-8-4-5-9-12-11;/h8-14,16-23,35H,1-7H3;1-6,8-9H;/q2*-1;/i6D3,35D;;. The number of hydrogen-bond acceptors (Lipinski definition) is 4. The normalized spacial score (nSPS) is 12.7. The molecule has 0 aliphatic carbocycles. The molecule has 0 bridgehead atoms. The Kier molecular flexibility index (Phi) is 10.4. The molecule has 0 N–H and O–H groups in total. The first-order chi connectivity index (χ1) is 27.3. The van der Waals surface area contributed by atoms with Gasteiger partial charge in [-0.25, -0.2) is 4.98 Å². The Morgan fingerprint density at radius 1 is 0.704 bits per heavy atom. The van der Waals surface area contributed by atoms with Crippen molar-refractivity contribution in [1.29, 1.82) is 0 Å². The Morgan fingerprint density at radius 2 is 1.48 bits per heavy atom. The maximum atomic E-state index is 9.33. The van der Waals surface area contributed by atoms with Gasteiger partial charge in [-0.15, -0.1) is 54.1 Å². The second-order valence-electron chi connectivity index (χ2n) is 13.9. The molecule has 0 saturated heterocycles. The molecule has 0 unspecified atom stereocenters. The van der Waals surface area contributed by atoms with Crippen molar-refractivity contribution in [3.05, 3.63) is 162 Å². The van der Waals surface area contributed by atoms with Crippen LogP contribution in [-0.4, -0.2) is 15.0 Å². The van der Waals surface area contributed by atoms with E-state index in [9.17, 15) is 1.37 Å². The molecule has 0 aliphatic rings. The quantitative estimate of drug-likeness (QED) is 0.150. The van der Waals surface area contributed by atoms with Gasteiger partial charge in [-0.2, -0.15) is 0 Å². The largest absolute Gasteiger partial charge is 0.486 e. The van der Waals surface area contributed by atoms with Gasteiger partial charge in [-0.1, -0.05) is 105 Å². The number of hydrogen-bond donors (Lipinski definition) is 0. The van der Waals surface area contributed by atoms with E-state index in [0.717, 1.165) is 55.5 Å². The van der Waals surface area contributed by atoms with Crippen molar-refractivity contribution in [2.75, 3.05) is 0 Å². The van der Waals surface area contributed by atoms with E-state index in [1.807, 2.05) is 107 Å². The minimum Gasteiger partial charge on any atom is -0.486 e. The van der Waals surface area contributed by atoms with Crippen LogP contribution in [0.2, 0.25) is 0 Å². The molecule has 54 heavy (non-hydrogen) atoms. The monoisotopic (exact) mass is 888 g/mol. The zero-order valence-corrected chi connectivity index (χ0v) is 33.8. The molecule has 0 amide bonds. The molecule has 4 aromatic heterocycles. The number of pyridine rings is 3. The smallest absolute Gasteiger partial charge is 0.216 e. The zero-order valence-electron chi connectivity index (χ0n) is 35.4. The van der Waals surface area contributed by atoms with Gasteiger partial charge in [0.15, 0.2) is 0 Å². The Labute approximate surface area is 338 Å². The van der Waals surface area contributed by atoms with Gasteiger partial charge in [0.2, 0.25) is 5.71 Å². The predicted molar refractivity (Wildman–Crippen MR) is 220 cm³/mol. The maximum Gasteiger partial charge on any atom is 0.216 e. The van der Waals surface area contributed by atoms with Crippen molar-refractivity contribution in [2.24, 2.45) is 11.8 Å². The third kappa shape index (κ3) is 7.85. The van der Waals surface area contributed by atoms with Crippen LogP contribution in [0.3, 0.4) is 0 Å². The summed E-state index contributed by atoms with van der Waals surface area (Å²) in [6.07, 6.45) is 3.36. The molecule has 4 nitrogen and oxygen atoms in total. The molecule has 0 spiro atoms. The van der Waals surface area contributed by atoms with Crippen LogP contribution in [0.15, 0.2) is 132 Å². The molecule has 4 aromatic carbocycles. The van der Waals surface area contributed by atoms with Gasteiger partial charge < -0.3 is 14.4 Å². The number of aromatic nitrogens is 3. The fourth-order valence-corrected chi connectivity index (χ4v) is 7.31. The fraction of sp³-hybridized carbons (Fsp3) is 0.204. The first-order valence-electron chi connectivity index (χ1n) is 20.1. The van der Waals surface area contributed by atoms with Crippen molar-refractivity contribution < 1.29 is 30.0 Å². The van der Waals surface area contributed by atoms with E-state index in [1.165, 1.54) is 0 Å². The first-order valence-corrected chi connectivity index (χ1v) is 18.1. The number of nitrogens with zero attached hydrogens (tertiary/aromatic N) is 3. The van der Waals surface area contributed by atoms with Crippen LogP contribution in [0, 0.1) is 44.7 Å². The number of furan rings is 1. The molecule has 4 heterocycles. The number of benzene rings is 4. The average molecular weight is 888 g/mol. The molecule has 8 rings (SSSR count). The summed E-state index contributed by atoms with van der Waals surface area (Å²) >= 11 is 0. The molecule has 1 radical (unpaired) electrons. The van der Waals surface area contributed by atoms with Crippen LogP contribution < -0.4 is 0 Å². The molecule has 0 saturated carbocycles. The second kappa shape index (κ2) is 16.8. The van der Waals surface area contributed by atoms with E-state index in [-0.39, 0.29) is 37.5 Å². The Balaban J connectivity index is 0.000000372. The van der Waals surface area contributed by atoms with Crippen LogP contribution in [0.4, 0.5) is 0 Å². The van der Waals surface area contributed by atoms with E-state index in [1.54, 1.807) is 24.5 Å². The van der Waals surface area contributed by atoms with E-state index < -0.39 is 12.7 Å². The number of rotatable bonds is 7. The minimum absolute atomic E-state index is 0. The van der Waals surface area contributed by atoms with Gasteiger partial charge in [0.25, 0.3) is 0 Å². The van der Waals surface area contributed by atoms with Gasteiger partial charge in [0, 0.05) is 48.9 Å². The first kappa shape index (κ1) is 33.4. The van der Waals surface area contributed by atoms with Gasteiger partial charge in [-0.05, 0) is 95.8 Å². The van der Waals surface area contributed by atoms with E-state index in [2.05, 4.69) is 55.2 Å². The molecule has 0 atom stereocenters. The van der Waals surface area contributed by atoms with Crippen LogP contribution in [0.5, 0.6) is 0 Å². The van der Waals surface area contributed by atoms with Crippen molar-refractivity contribution in [1.82, 2.24) is 15.0 Å². The van der Waals surface area contributed by atoms with Gasteiger partial charge in [0.1, 0.15) is 0 Å². The SMILES string of the molecule is [2H]C([2H])([2H])c1cc(-c2[c-]ccc3c2oc2nc(-c4c(C)ccc(-c5ccccc5)c4C)ccc23)ncc1C([2H])(C(C)C)C(C)C.[Ir].[c-]1ccccc1-c1ccccn1. The topological polar surface area (TPSA) is 51.8 Å². The predicted octanol–water partition coefficient (Wildman–Crippen LogP) is 13.0. The van der Waals surface area contributed by atoms with Gasteiger partial charge in [-0.3, -0.25) is 0 Å². The summed E-state index contributed by atoms with van der Waals surface area (Å²) in [6.45, 7) is 9.61. The van der Waals surface area contributed by atoms with Crippen molar-refractivity contribution >= 4 is 22.1 Å². The number of fused-ring (bicyclic) bond motifs is 3. The summed E-state index contributed by atoms with van der Waals surface area (Å²) in [7, 11) is 0. The van der Waals surface area contributed by atoms with Crippen LogP contribution in [0.1, 0.15) is 61.3 Å². The Hall–Kier alpha value is -5.22. The van der Waals surface area contributed by atoms with Crippen molar-refractivity contribution in [2.45, 2.75) is 54.3 Å². The molecule has 0 aliphatic heterocycles. The van der Waals surface area contributed by atoms with Gasteiger partial charge >= 0.3 is 0 Å². The maximum absolute atomic E-state index is 9.33. The fourth-order valence-electron chi connectivity index (χ4n) is 7.31. The van der Waals surface area contributed by atoms with E-state index >= 15 is 0 Å². The summed E-state index contributed by atoms with van der Waals surface area (Å²) in [6, 6.07) is 44.1. The summed E-state index contributed by atoms with van der Waals surface area (Å²) in [5.41, 5.74) is 11.1. The van der Waals surface area contributed by atoms with Crippen molar-refractivity contribution in [3.63, 3.8) is 0 Å². The molecule has 273 valence electrons. The number of aryl methyl sites for hydroxylation is 2. The summed E-state index contributed by atoms with van der Waals surface area (Å²) in [5.74, 6) is -1.34. The summed E-state index contributed by atoms with van der Waals surface area (Å²) in [4.78, 5) is 13.9. The van der Waals surface area contributed by atoms with Crippen molar-refractivity contribution in [3.8, 4) is 44.9 Å². The molecular formula is C49H45IrN3O-2. The molecule has 0 fully saturated rings.